The average Bonchev–Trinajstić information content (AvgIpc) is 2.51. The van der Waals surface area contributed by atoms with E-state index in [1.807, 2.05) is 0 Å². The normalized spacial score (nSPS) is 21.1. The molecule has 110 valence electrons. The number of rotatable bonds is 3. The first kappa shape index (κ1) is 14.3. The minimum atomic E-state index is 0.300. The van der Waals surface area contributed by atoms with Crippen LogP contribution in [0.1, 0.15) is 35.6 Å². The summed E-state index contributed by atoms with van der Waals surface area (Å²) in [6.45, 7) is 4.31. The van der Waals surface area contributed by atoms with Crippen LogP contribution >= 0.6 is 0 Å². The van der Waals surface area contributed by atoms with E-state index in [4.69, 9.17) is 5.73 Å². The fourth-order valence-corrected chi connectivity index (χ4v) is 3.39. The van der Waals surface area contributed by atoms with E-state index in [-0.39, 0.29) is 0 Å². The number of hydrogen-bond acceptors (Lipinski definition) is 2. The average molecular weight is 280 g/mol. The first-order valence-corrected chi connectivity index (χ1v) is 7.86. The van der Waals surface area contributed by atoms with Gasteiger partial charge in [0.2, 0.25) is 0 Å². The first-order chi connectivity index (χ1) is 10.3. The molecule has 2 aromatic rings. The SMILES string of the molecule is Cc1ccccc1C(c1ccccc1)N1CCCC(N)C1. The van der Waals surface area contributed by atoms with Crippen LogP contribution < -0.4 is 5.73 Å². The highest BCUT2D eigenvalue weighted by Crippen LogP contribution is 2.32. The molecule has 2 heteroatoms. The lowest BCUT2D eigenvalue weighted by molar-refractivity contribution is 0.170. The van der Waals surface area contributed by atoms with Crippen molar-refractivity contribution in [3.05, 3.63) is 71.3 Å². The minimum Gasteiger partial charge on any atom is -0.327 e. The Morgan fingerprint density at radius 1 is 1.05 bits per heavy atom. The van der Waals surface area contributed by atoms with E-state index >= 15 is 0 Å². The van der Waals surface area contributed by atoms with E-state index in [0.717, 1.165) is 19.5 Å². The van der Waals surface area contributed by atoms with Crippen LogP contribution in [0.2, 0.25) is 0 Å². The lowest BCUT2D eigenvalue weighted by Crippen LogP contribution is -2.44. The summed E-state index contributed by atoms with van der Waals surface area (Å²) in [5.74, 6) is 0. The topological polar surface area (TPSA) is 29.3 Å². The molecule has 1 aliphatic heterocycles. The molecule has 0 amide bonds. The van der Waals surface area contributed by atoms with Gasteiger partial charge in [-0.15, -0.1) is 0 Å². The molecule has 1 saturated heterocycles. The molecular weight excluding hydrogens is 256 g/mol. The van der Waals surface area contributed by atoms with Crippen molar-refractivity contribution >= 4 is 0 Å². The summed E-state index contributed by atoms with van der Waals surface area (Å²) >= 11 is 0. The van der Waals surface area contributed by atoms with E-state index in [2.05, 4.69) is 66.4 Å². The Morgan fingerprint density at radius 2 is 1.76 bits per heavy atom. The summed E-state index contributed by atoms with van der Waals surface area (Å²) in [5.41, 5.74) is 10.3. The summed E-state index contributed by atoms with van der Waals surface area (Å²) in [6, 6.07) is 20.1. The fraction of sp³-hybridized carbons (Fsp3) is 0.368. The van der Waals surface area contributed by atoms with Crippen LogP contribution in [0.3, 0.4) is 0 Å². The van der Waals surface area contributed by atoms with Crippen molar-refractivity contribution in [2.24, 2.45) is 5.73 Å². The van der Waals surface area contributed by atoms with Gasteiger partial charge in [-0.1, -0.05) is 54.6 Å². The summed E-state index contributed by atoms with van der Waals surface area (Å²) in [5, 5.41) is 0. The van der Waals surface area contributed by atoms with Crippen LogP contribution in [0.4, 0.5) is 0 Å². The van der Waals surface area contributed by atoms with Gasteiger partial charge in [-0.3, -0.25) is 4.90 Å². The van der Waals surface area contributed by atoms with Gasteiger partial charge in [0.15, 0.2) is 0 Å². The largest absolute Gasteiger partial charge is 0.327 e. The third-order valence-corrected chi connectivity index (χ3v) is 4.45. The lowest BCUT2D eigenvalue weighted by atomic mass is 9.91. The quantitative estimate of drug-likeness (QED) is 0.932. The smallest absolute Gasteiger partial charge is 0.0604 e. The number of nitrogens with zero attached hydrogens (tertiary/aromatic N) is 1. The van der Waals surface area contributed by atoms with Crippen LogP contribution in [0.5, 0.6) is 0 Å². The molecule has 0 radical (unpaired) electrons. The number of aryl methyl sites for hydroxylation is 1. The van der Waals surface area contributed by atoms with E-state index in [1.54, 1.807) is 0 Å². The Kier molecular flexibility index (Phi) is 4.37. The predicted molar refractivity (Wildman–Crippen MR) is 88.2 cm³/mol. The highest BCUT2D eigenvalue weighted by atomic mass is 15.2. The summed E-state index contributed by atoms with van der Waals surface area (Å²) in [4.78, 5) is 2.55. The van der Waals surface area contributed by atoms with Crippen LogP contribution in [-0.4, -0.2) is 24.0 Å². The molecule has 1 heterocycles. The molecule has 2 N–H and O–H groups in total. The number of hydrogen-bond donors (Lipinski definition) is 1. The Morgan fingerprint density at radius 3 is 2.48 bits per heavy atom. The molecule has 2 atom stereocenters. The summed E-state index contributed by atoms with van der Waals surface area (Å²) < 4.78 is 0. The van der Waals surface area contributed by atoms with Gasteiger partial charge < -0.3 is 5.73 Å². The zero-order chi connectivity index (χ0) is 14.7. The molecular formula is C19H24N2. The molecule has 1 fully saturated rings. The van der Waals surface area contributed by atoms with Crippen LogP contribution in [0.25, 0.3) is 0 Å². The maximum Gasteiger partial charge on any atom is 0.0604 e. The molecule has 2 unspecified atom stereocenters. The van der Waals surface area contributed by atoms with Crippen LogP contribution in [-0.2, 0) is 0 Å². The van der Waals surface area contributed by atoms with E-state index < -0.39 is 0 Å². The first-order valence-electron chi connectivity index (χ1n) is 7.86. The summed E-state index contributed by atoms with van der Waals surface area (Å²) in [6.07, 6.45) is 2.34. The van der Waals surface area contributed by atoms with Crippen molar-refractivity contribution in [2.75, 3.05) is 13.1 Å². The second-order valence-corrected chi connectivity index (χ2v) is 6.07. The van der Waals surface area contributed by atoms with E-state index in [9.17, 15) is 0 Å². The highest BCUT2D eigenvalue weighted by Gasteiger charge is 2.27. The van der Waals surface area contributed by atoms with Gasteiger partial charge in [0.25, 0.3) is 0 Å². The van der Waals surface area contributed by atoms with E-state index in [1.165, 1.54) is 23.1 Å². The zero-order valence-corrected chi connectivity index (χ0v) is 12.7. The number of nitrogens with two attached hydrogens (primary N) is 1. The Bertz CT molecular complexity index is 579. The van der Waals surface area contributed by atoms with Gasteiger partial charge in [0.05, 0.1) is 6.04 Å². The standard InChI is InChI=1S/C19H24N2/c1-15-8-5-6-12-18(15)19(16-9-3-2-4-10-16)21-13-7-11-17(20)14-21/h2-6,8-10,12,17,19H,7,11,13-14,20H2,1H3. The summed E-state index contributed by atoms with van der Waals surface area (Å²) in [7, 11) is 0. The van der Waals surface area contributed by atoms with Gasteiger partial charge >= 0.3 is 0 Å². The van der Waals surface area contributed by atoms with E-state index in [0.29, 0.717) is 12.1 Å². The predicted octanol–water partition coefficient (Wildman–Crippen LogP) is 3.51. The fourth-order valence-electron chi connectivity index (χ4n) is 3.39. The molecule has 0 saturated carbocycles. The molecule has 0 aliphatic carbocycles. The molecule has 1 aliphatic rings. The van der Waals surface area contributed by atoms with Crippen molar-refractivity contribution in [3.8, 4) is 0 Å². The van der Waals surface area contributed by atoms with Gasteiger partial charge in [-0.25, -0.2) is 0 Å². The molecule has 0 bridgehead atoms. The third-order valence-electron chi connectivity index (χ3n) is 4.45. The maximum atomic E-state index is 6.22. The second-order valence-electron chi connectivity index (χ2n) is 6.07. The van der Waals surface area contributed by atoms with Gasteiger partial charge in [-0.05, 0) is 43.0 Å². The molecule has 0 spiro atoms. The Hall–Kier alpha value is -1.64. The third kappa shape index (κ3) is 3.17. The van der Waals surface area contributed by atoms with Crippen molar-refractivity contribution in [1.29, 1.82) is 0 Å². The van der Waals surface area contributed by atoms with Crippen molar-refractivity contribution < 1.29 is 0 Å². The van der Waals surface area contributed by atoms with Gasteiger partial charge in [0.1, 0.15) is 0 Å². The number of likely N-dealkylation sites (tertiary alicyclic amines) is 1. The van der Waals surface area contributed by atoms with Crippen molar-refractivity contribution in [3.63, 3.8) is 0 Å². The zero-order valence-electron chi connectivity index (χ0n) is 12.7. The molecule has 2 aromatic carbocycles. The molecule has 0 aromatic heterocycles. The molecule has 21 heavy (non-hydrogen) atoms. The second kappa shape index (κ2) is 6.42. The van der Waals surface area contributed by atoms with Crippen LogP contribution in [0.15, 0.2) is 54.6 Å². The van der Waals surface area contributed by atoms with Crippen molar-refractivity contribution in [1.82, 2.24) is 4.90 Å². The van der Waals surface area contributed by atoms with Crippen molar-refractivity contribution in [2.45, 2.75) is 31.8 Å². The monoisotopic (exact) mass is 280 g/mol. The minimum absolute atomic E-state index is 0.300. The van der Waals surface area contributed by atoms with Gasteiger partial charge in [-0.2, -0.15) is 0 Å². The Labute approximate surface area is 127 Å². The number of benzene rings is 2. The molecule has 3 rings (SSSR count). The molecule has 2 nitrogen and oxygen atoms in total. The lowest BCUT2D eigenvalue weighted by Gasteiger charge is -2.38. The highest BCUT2D eigenvalue weighted by molar-refractivity contribution is 5.37. The number of piperidine rings is 1. The maximum absolute atomic E-state index is 6.22. The van der Waals surface area contributed by atoms with Gasteiger partial charge in [0, 0.05) is 12.6 Å². The Balaban J connectivity index is 2.01. The van der Waals surface area contributed by atoms with Crippen LogP contribution in [0, 0.1) is 6.92 Å².